The third-order valence-electron chi connectivity index (χ3n) is 6.03. The summed E-state index contributed by atoms with van der Waals surface area (Å²) in [6, 6.07) is 7.52. The van der Waals surface area contributed by atoms with Crippen LogP contribution in [-0.2, 0) is 18.3 Å². The minimum atomic E-state index is -0.0717. The van der Waals surface area contributed by atoms with Crippen molar-refractivity contribution in [2.45, 2.75) is 13.0 Å². The number of amides is 1. The summed E-state index contributed by atoms with van der Waals surface area (Å²) in [5.74, 6) is 0.690. The first-order chi connectivity index (χ1) is 15.6. The number of carbonyl (C=O) groups is 1. The molecular formula is C24H25N5O3. The Morgan fingerprint density at radius 2 is 2.09 bits per heavy atom. The van der Waals surface area contributed by atoms with Gasteiger partial charge in [-0.3, -0.25) is 9.59 Å². The van der Waals surface area contributed by atoms with Crippen LogP contribution in [0.5, 0.6) is 0 Å². The smallest absolute Gasteiger partial charge is 0.274 e. The van der Waals surface area contributed by atoms with Gasteiger partial charge in [-0.1, -0.05) is 12.1 Å². The average molecular weight is 431 g/mol. The van der Waals surface area contributed by atoms with E-state index >= 15 is 0 Å². The SMILES string of the molecule is C=CCCn1cc(-c2nc3cccc(C(=O)N4CCOCC4)c3n2C)c2cc[nH]c2c1=O. The number of benzene rings is 1. The zero-order chi connectivity index (χ0) is 22.2. The molecule has 0 unspecified atom stereocenters. The topological polar surface area (TPSA) is 85.2 Å². The maximum atomic E-state index is 13.3. The highest BCUT2D eigenvalue weighted by molar-refractivity contribution is 6.06. The van der Waals surface area contributed by atoms with E-state index in [0.29, 0.717) is 56.2 Å². The van der Waals surface area contributed by atoms with E-state index in [2.05, 4.69) is 11.6 Å². The molecule has 1 fully saturated rings. The van der Waals surface area contributed by atoms with Crippen molar-refractivity contribution in [1.82, 2.24) is 24.0 Å². The minimum absolute atomic E-state index is 0.0174. The zero-order valence-electron chi connectivity index (χ0n) is 18.0. The molecule has 5 rings (SSSR count). The number of aryl methyl sites for hydroxylation is 2. The summed E-state index contributed by atoms with van der Waals surface area (Å²) in [5.41, 5.74) is 3.46. The van der Waals surface area contributed by atoms with Gasteiger partial charge >= 0.3 is 0 Å². The Morgan fingerprint density at radius 3 is 2.88 bits per heavy atom. The molecule has 1 amide bonds. The number of aromatic amines is 1. The van der Waals surface area contributed by atoms with Crippen molar-refractivity contribution >= 4 is 27.8 Å². The van der Waals surface area contributed by atoms with Crippen LogP contribution in [0.25, 0.3) is 33.3 Å². The molecule has 164 valence electrons. The van der Waals surface area contributed by atoms with E-state index in [4.69, 9.17) is 9.72 Å². The fourth-order valence-electron chi connectivity index (χ4n) is 4.39. The number of ether oxygens (including phenoxy) is 1. The second-order valence-electron chi connectivity index (χ2n) is 7.96. The van der Waals surface area contributed by atoms with Crippen molar-refractivity contribution in [3.8, 4) is 11.4 Å². The van der Waals surface area contributed by atoms with Gasteiger partial charge in [-0.15, -0.1) is 6.58 Å². The Balaban J connectivity index is 1.68. The predicted molar refractivity (Wildman–Crippen MR) is 124 cm³/mol. The molecule has 0 atom stereocenters. The number of nitrogens with one attached hydrogen (secondary N) is 1. The molecule has 4 heterocycles. The average Bonchev–Trinajstić information content (AvgIpc) is 3.44. The maximum absolute atomic E-state index is 13.3. The number of morpholine rings is 1. The van der Waals surface area contributed by atoms with Gasteiger partial charge in [0, 0.05) is 50.0 Å². The normalized spacial score (nSPS) is 14.3. The summed E-state index contributed by atoms with van der Waals surface area (Å²) in [6.45, 7) is 6.57. The number of imidazole rings is 1. The molecule has 8 nitrogen and oxygen atoms in total. The van der Waals surface area contributed by atoms with Crippen LogP contribution < -0.4 is 5.56 Å². The Labute approximate surface area is 184 Å². The highest BCUT2D eigenvalue weighted by Gasteiger charge is 2.24. The molecule has 0 spiro atoms. The fraction of sp³-hybridized carbons (Fsp3) is 0.292. The standard InChI is InChI=1S/C24H25N5O3/c1-3-4-10-29-15-18(16-8-9-25-20(16)24(29)31)22-26-19-7-5-6-17(21(19)27(22)2)23(30)28-11-13-32-14-12-28/h3,5-9,15,25H,1,4,10-14H2,2H3. The van der Waals surface area contributed by atoms with Crippen molar-refractivity contribution < 1.29 is 9.53 Å². The highest BCUT2D eigenvalue weighted by Crippen LogP contribution is 2.30. The molecule has 0 radical (unpaired) electrons. The first-order valence-corrected chi connectivity index (χ1v) is 10.7. The molecule has 0 aliphatic carbocycles. The van der Waals surface area contributed by atoms with E-state index in [1.165, 1.54) is 0 Å². The van der Waals surface area contributed by atoms with Crippen LogP contribution in [-0.4, -0.2) is 56.2 Å². The molecular weight excluding hydrogens is 406 g/mol. The molecule has 0 saturated carbocycles. The van der Waals surface area contributed by atoms with Gasteiger partial charge in [-0.05, 0) is 24.6 Å². The van der Waals surface area contributed by atoms with Crippen LogP contribution in [0.3, 0.4) is 0 Å². The van der Waals surface area contributed by atoms with Crippen LogP contribution in [0.15, 0.2) is 54.1 Å². The summed E-state index contributed by atoms with van der Waals surface area (Å²) in [5, 5.41) is 0.810. The largest absolute Gasteiger partial charge is 0.378 e. The quantitative estimate of drug-likeness (QED) is 0.493. The summed E-state index contributed by atoms with van der Waals surface area (Å²) < 4.78 is 9.03. The number of fused-ring (bicyclic) bond motifs is 2. The number of nitrogens with zero attached hydrogens (tertiary/aromatic N) is 4. The van der Waals surface area contributed by atoms with Crippen LogP contribution in [0.2, 0.25) is 0 Å². The number of carbonyl (C=O) groups excluding carboxylic acids is 1. The lowest BCUT2D eigenvalue weighted by molar-refractivity contribution is 0.0304. The lowest BCUT2D eigenvalue weighted by Gasteiger charge is -2.27. The second kappa shape index (κ2) is 8.12. The Hall–Kier alpha value is -3.65. The van der Waals surface area contributed by atoms with Crippen molar-refractivity contribution in [3.05, 3.63) is 65.2 Å². The molecule has 1 saturated heterocycles. The molecule has 1 aromatic carbocycles. The lowest BCUT2D eigenvalue weighted by Crippen LogP contribution is -2.40. The molecule has 8 heteroatoms. The Kier molecular flexibility index (Phi) is 5.14. The van der Waals surface area contributed by atoms with Crippen molar-refractivity contribution in [2.24, 2.45) is 7.05 Å². The number of H-pyrrole nitrogens is 1. The third kappa shape index (κ3) is 3.23. The van der Waals surface area contributed by atoms with E-state index in [9.17, 15) is 9.59 Å². The van der Waals surface area contributed by atoms with E-state index < -0.39 is 0 Å². The third-order valence-corrected chi connectivity index (χ3v) is 6.03. The molecule has 4 aromatic rings. The predicted octanol–water partition coefficient (Wildman–Crippen LogP) is 2.93. The maximum Gasteiger partial charge on any atom is 0.274 e. The number of rotatable bonds is 5. The van der Waals surface area contributed by atoms with Crippen molar-refractivity contribution in [2.75, 3.05) is 26.3 Å². The van der Waals surface area contributed by atoms with Crippen LogP contribution in [0, 0.1) is 0 Å². The summed E-state index contributed by atoms with van der Waals surface area (Å²) >= 11 is 0. The van der Waals surface area contributed by atoms with Gasteiger partial charge in [-0.2, -0.15) is 0 Å². The van der Waals surface area contributed by atoms with Crippen molar-refractivity contribution in [1.29, 1.82) is 0 Å². The Bertz CT molecular complexity index is 1390. The Morgan fingerprint density at radius 1 is 1.28 bits per heavy atom. The summed E-state index contributed by atoms with van der Waals surface area (Å²) in [6.07, 6.45) is 6.10. The summed E-state index contributed by atoms with van der Waals surface area (Å²) in [4.78, 5) is 35.9. The number of aromatic nitrogens is 4. The molecule has 1 aliphatic rings. The van der Waals surface area contributed by atoms with Gasteiger partial charge in [0.1, 0.15) is 11.3 Å². The van der Waals surface area contributed by atoms with E-state index in [1.807, 2.05) is 47.0 Å². The van der Waals surface area contributed by atoms with Gasteiger partial charge in [0.2, 0.25) is 0 Å². The van der Waals surface area contributed by atoms with E-state index in [-0.39, 0.29) is 11.5 Å². The van der Waals surface area contributed by atoms with E-state index in [1.54, 1.807) is 16.8 Å². The van der Waals surface area contributed by atoms with Crippen LogP contribution in [0.4, 0.5) is 0 Å². The van der Waals surface area contributed by atoms with Crippen molar-refractivity contribution in [3.63, 3.8) is 0 Å². The molecule has 32 heavy (non-hydrogen) atoms. The number of hydrogen-bond acceptors (Lipinski definition) is 4. The fourth-order valence-corrected chi connectivity index (χ4v) is 4.39. The number of hydrogen-bond donors (Lipinski definition) is 1. The molecule has 3 aromatic heterocycles. The first kappa shape index (κ1) is 20.3. The molecule has 0 bridgehead atoms. The van der Waals surface area contributed by atoms with Crippen LogP contribution >= 0.6 is 0 Å². The van der Waals surface area contributed by atoms with Gasteiger partial charge in [0.15, 0.2) is 0 Å². The summed E-state index contributed by atoms with van der Waals surface area (Å²) in [7, 11) is 1.92. The first-order valence-electron chi connectivity index (χ1n) is 10.7. The monoisotopic (exact) mass is 431 g/mol. The van der Waals surface area contributed by atoms with Gasteiger partial charge in [0.05, 0.1) is 29.8 Å². The van der Waals surface area contributed by atoms with Gasteiger partial charge in [-0.25, -0.2) is 4.98 Å². The number of para-hydroxylation sites is 1. The van der Waals surface area contributed by atoms with Gasteiger partial charge < -0.3 is 23.8 Å². The highest BCUT2D eigenvalue weighted by atomic mass is 16.5. The second-order valence-corrected chi connectivity index (χ2v) is 7.96. The molecule has 1 aliphatic heterocycles. The van der Waals surface area contributed by atoms with E-state index in [0.717, 1.165) is 22.0 Å². The number of allylic oxidation sites excluding steroid dienone is 1. The zero-order valence-corrected chi connectivity index (χ0v) is 18.0. The number of pyridine rings is 1. The lowest BCUT2D eigenvalue weighted by atomic mass is 10.1. The van der Waals surface area contributed by atoms with Crippen LogP contribution in [0.1, 0.15) is 16.8 Å². The van der Waals surface area contributed by atoms with Gasteiger partial charge in [0.25, 0.3) is 11.5 Å². The minimum Gasteiger partial charge on any atom is -0.378 e. The molecule has 1 N–H and O–H groups in total.